The summed E-state index contributed by atoms with van der Waals surface area (Å²) in [7, 11) is -3.43. The Bertz CT molecular complexity index is 241. The van der Waals surface area contributed by atoms with E-state index in [1.807, 2.05) is 0 Å². The first-order chi connectivity index (χ1) is 4.42. The van der Waals surface area contributed by atoms with Gasteiger partial charge in [-0.15, -0.1) is 0 Å². The van der Waals surface area contributed by atoms with Crippen molar-refractivity contribution in [2.45, 2.75) is 0 Å². The average molecular weight is 166 g/mol. The third-order valence-corrected chi connectivity index (χ3v) is 0.831. The molecule has 0 unspecified atom stereocenters. The quantitative estimate of drug-likeness (QED) is 0.398. The molecule has 0 aliphatic heterocycles. The van der Waals surface area contributed by atoms with Crippen LogP contribution in [0.25, 0.3) is 0 Å². The summed E-state index contributed by atoms with van der Waals surface area (Å²) in [6.45, 7) is 0. The Kier molecular flexibility index (Phi) is 2.81. The van der Waals surface area contributed by atoms with E-state index in [4.69, 9.17) is 5.11 Å². The number of sulfonamides is 1. The van der Waals surface area contributed by atoms with Gasteiger partial charge in [-0.05, 0) is 0 Å². The third-order valence-electron chi connectivity index (χ3n) is 0.394. The second kappa shape index (κ2) is 3.16. The zero-order chi connectivity index (χ0) is 8.20. The number of carboxylic acid groups (broad SMARTS) is 1. The zero-order valence-electron chi connectivity index (χ0n) is 5.10. The molecular weight excluding hydrogens is 160 g/mol. The Balaban J connectivity index is 3.88. The van der Waals surface area contributed by atoms with Crippen LogP contribution in [0.1, 0.15) is 0 Å². The summed E-state index contributed by atoms with van der Waals surface area (Å²) >= 11 is 0. The molecule has 0 bridgehead atoms. The monoisotopic (exact) mass is 166 g/mol. The number of hydrogen-bond acceptors (Lipinski definition) is 4. The van der Waals surface area contributed by atoms with Crippen LogP contribution < -0.4 is 4.83 Å². The number of rotatable bonds is 3. The van der Waals surface area contributed by atoms with Crippen LogP contribution in [0.4, 0.5) is 0 Å². The van der Waals surface area contributed by atoms with Gasteiger partial charge in [0.25, 0.3) is 0 Å². The molecule has 0 amide bonds. The number of hydrazone groups is 1. The minimum absolute atomic E-state index is 0.445. The van der Waals surface area contributed by atoms with E-state index in [1.54, 1.807) is 4.83 Å². The molecule has 58 valence electrons. The molecule has 0 aromatic heterocycles. The van der Waals surface area contributed by atoms with Crippen LogP contribution in [0.3, 0.4) is 0 Å². The molecule has 7 heteroatoms. The highest BCUT2D eigenvalue weighted by Crippen LogP contribution is 1.70. The second-order valence-corrected chi connectivity index (χ2v) is 3.19. The highest BCUT2D eigenvalue weighted by molar-refractivity contribution is 7.88. The SMILES string of the molecule is CS(=O)(=O)N/N=C/C(=O)O. The molecule has 0 aromatic rings. The van der Waals surface area contributed by atoms with Gasteiger partial charge in [-0.3, -0.25) is 0 Å². The molecule has 0 aliphatic rings. The Hall–Kier alpha value is -1.11. The maximum Gasteiger partial charge on any atom is 0.348 e. The van der Waals surface area contributed by atoms with E-state index in [2.05, 4.69) is 5.10 Å². The Labute approximate surface area is 57.6 Å². The lowest BCUT2D eigenvalue weighted by Crippen LogP contribution is -2.16. The molecule has 0 atom stereocenters. The normalized spacial score (nSPS) is 11.7. The molecular formula is C3H6N2O4S. The van der Waals surface area contributed by atoms with Crippen LogP contribution >= 0.6 is 0 Å². The van der Waals surface area contributed by atoms with E-state index >= 15 is 0 Å². The topological polar surface area (TPSA) is 95.8 Å². The minimum atomic E-state index is -3.43. The average Bonchev–Trinajstić information content (AvgIpc) is 1.59. The van der Waals surface area contributed by atoms with E-state index in [1.165, 1.54) is 0 Å². The van der Waals surface area contributed by atoms with Gasteiger partial charge in [0.2, 0.25) is 10.0 Å². The van der Waals surface area contributed by atoms with Crippen molar-refractivity contribution in [2.24, 2.45) is 5.10 Å². The largest absolute Gasteiger partial charge is 0.477 e. The fourth-order valence-electron chi connectivity index (χ4n) is 0.177. The number of aliphatic carboxylic acids is 1. The van der Waals surface area contributed by atoms with E-state index in [0.717, 1.165) is 6.26 Å². The van der Waals surface area contributed by atoms with Gasteiger partial charge in [-0.2, -0.15) is 5.10 Å². The van der Waals surface area contributed by atoms with Crippen molar-refractivity contribution in [3.05, 3.63) is 0 Å². The van der Waals surface area contributed by atoms with Gasteiger partial charge in [0, 0.05) is 0 Å². The molecule has 0 saturated heterocycles. The third kappa shape index (κ3) is 6.89. The summed E-state index contributed by atoms with van der Waals surface area (Å²) in [6.07, 6.45) is 1.31. The lowest BCUT2D eigenvalue weighted by molar-refractivity contribution is -0.128. The minimum Gasteiger partial charge on any atom is -0.477 e. The Morgan fingerprint density at radius 2 is 2.20 bits per heavy atom. The predicted molar refractivity (Wildman–Crippen MR) is 34.1 cm³/mol. The molecule has 10 heavy (non-hydrogen) atoms. The number of carboxylic acids is 1. The van der Waals surface area contributed by atoms with E-state index in [9.17, 15) is 13.2 Å². The predicted octanol–water partition coefficient (Wildman–Crippen LogP) is -1.39. The molecule has 0 rings (SSSR count). The first-order valence-corrected chi connectivity index (χ1v) is 4.04. The molecule has 0 aliphatic carbocycles. The molecule has 6 nitrogen and oxygen atoms in total. The summed E-state index contributed by atoms with van der Waals surface area (Å²) in [5.41, 5.74) is 0. The van der Waals surface area contributed by atoms with Gasteiger partial charge < -0.3 is 5.11 Å². The standard InChI is InChI=1S/C3H6N2O4S/c1-10(8,9)5-4-2-3(6)7/h2,5H,1H3,(H,6,7)/b4-2+. The first-order valence-electron chi connectivity index (χ1n) is 2.14. The van der Waals surface area contributed by atoms with Crippen molar-refractivity contribution < 1.29 is 18.3 Å². The number of nitrogens with zero attached hydrogens (tertiary/aromatic N) is 1. The van der Waals surface area contributed by atoms with Gasteiger partial charge in [-0.25, -0.2) is 18.0 Å². The summed E-state index contributed by atoms with van der Waals surface area (Å²) in [5, 5.41) is 10.8. The van der Waals surface area contributed by atoms with Crippen LogP contribution in [0.15, 0.2) is 5.10 Å². The lowest BCUT2D eigenvalue weighted by Gasteiger charge is -1.90. The molecule has 0 aromatic carbocycles. The second-order valence-electron chi connectivity index (χ2n) is 1.46. The van der Waals surface area contributed by atoms with Gasteiger partial charge in [0.1, 0.15) is 6.21 Å². The molecule has 0 spiro atoms. The fourth-order valence-corrected chi connectivity index (χ4v) is 0.421. The van der Waals surface area contributed by atoms with E-state index in [0.29, 0.717) is 6.21 Å². The highest BCUT2D eigenvalue weighted by Gasteiger charge is 1.94. The van der Waals surface area contributed by atoms with Crippen molar-refractivity contribution in [3.8, 4) is 0 Å². The van der Waals surface area contributed by atoms with Crippen molar-refractivity contribution in [1.29, 1.82) is 0 Å². The molecule has 0 fully saturated rings. The van der Waals surface area contributed by atoms with Crippen LogP contribution in [0, 0.1) is 0 Å². The van der Waals surface area contributed by atoms with Crippen molar-refractivity contribution in [1.82, 2.24) is 4.83 Å². The fraction of sp³-hybridized carbons (Fsp3) is 0.333. The lowest BCUT2D eigenvalue weighted by atomic mass is 10.8. The number of nitrogens with one attached hydrogen (secondary N) is 1. The van der Waals surface area contributed by atoms with Gasteiger partial charge in [0.05, 0.1) is 6.26 Å². The van der Waals surface area contributed by atoms with Crippen molar-refractivity contribution in [2.75, 3.05) is 6.26 Å². The summed E-state index contributed by atoms with van der Waals surface area (Å²) in [5.74, 6) is -1.31. The smallest absolute Gasteiger partial charge is 0.348 e. The van der Waals surface area contributed by atoms with Crippen LogP contribution in [0.5, 0.6) is 0 Å². The van der Waals surface area contributed by atoms with Gasteiger partial charge >= 0.3 is 5.97 Å². The van der Waals surface area contributed by atoms with E-state index in [-0.39, 0.29) is 0 Å². The number of hydrogen-bond donors (Lipinski definition) is 2. The molecule has 0 radical (unpaired) electrons. The van der Waals surface area contributed by atoms with Crippen molar-refractivity contribution in [3.63, 3.8) is 0 Å². The van der Waals surface area contributed by atoms with Crippen LogP contribution in [-0.2, 0) is 14.8 Å². The maximum absolute atomic E-state index is 10.2. The molecule has 2 N–H and O–H groups in total. The summed E-state index contributed by atoms with van der Waals surface area (Å²) < 4.78 is 20.4. The highest BCUT2D eigenvalue weighted by atomic mass is 32.2. The van der Waals surface area contributed by atoms with Gasteiger partial charge in [0.15, 0.2) is 0 Å². The van der Waals surface area contributed by atoms with E-state index < -0.39 is 16.0 Å². The maximum atomic E-state index is 10.2. The molecule has 0 heterocycles. The Morgan fingerprint density at radius 1 is 1.70 bits per heavy atom. The van der Waals surface area contributed by atoms with Crippen LogP contribution in [-0.4, -0.2) is 32.0 Å². The van der Waals surface area contributed by atoms with Crippen molar-refractivity contribution >= 4 is 22.2 Å². The Morgan fingerprint density at radius 3 is 2.50 bits per heavy atom. The zero-order valence-corrected chi connectivity index (χ0v) is 5.92. The first kappa shape index (κ1) is 8.89. The number of carbonyl (C=O) groups is 1. The van der Waals surface area contributed by atoms with Crippen LogP contribution in [0.2, 0.25) is 0 Å². The summed E-state index contributed by atoms with van der Waals surface area (Å²) in [6, 6.07) is 0. The van der Waals surface area contributed by atoms with Gasteiger partial charge in [-0.1, -0.05) is 0 Å². The molecule has 0 saturated carbocycles. The summed E-state index contributed by atoms with van der Waals surface area (Å²) in [4.78, 5) is 11.3.